The Morgan fingerprint density at radius 1 is 0.955 bits per heavy atom. The number of benzene rings is 2. The minimum atomic E-state index is 0.120. The molecule has 0 heterocycles. The SMILES string of the molecule is CN(C(=O)c1ccc(-c2ccc(Cl)cc2)cc1)C1CCCC1. The lowest BCUT2D eigenvalue weighted by atomic mass is 10.0. The molecule has 22 heavy (non-hydrogen) atoms. The molecule has 0 aliphatic heterocycles. The van der Waals surface area contributed by atoms with Crippen molar-refractivity contribution in [3.8, 4) is 11.1 Å². The Labute approximate surface area is 136 Å². The summed E-state index contributed by atoms with van der Waals surface area (Å²) in [6.07, 6.45) is 4.73. The van der Waals surface area contributed by atoms with Gasteiger partial charge in [0.2, 0.25) is 0 Å². The monoisotopic (exact) mass is 313 g/mol. The van der Waals surface area contributed by atoms with Crippen LogP contribution in [0, 0.1) is 0 Å². The first-order valence-corrected chi connectivity index (χ1v) is 8.16. The Bertz CT molecular complexity index is 642. The molecule has 2 nitrogen and oxygen atoms in total. The van der Waals surface area contributed by atoms with E-state index in [1.807, 2.05) is 60.5 Å². The number of amides is 1. The summed E-state index contributed by atoms with van der Waals surface area (Å²) in [4.78, 5) is 14.4. The van der Waals surface area contributed by atoms with E-state index in [2.05, 4.69) is 0 Å². The molecule has 0 spiro atoms. The van der Waals surface area contributed by atoms with Crippen molar-refractivity contribution in [2.75, 3.05) is 7.05 Å². The molecule has 0 aromatic heterocycles. The van der Waals surface area contributed by atoms with E-state index < -0.39 is 0 Å². The first kappa shape index (κ1) is 15.1. The van der Waals surface area contributed by atoms with Gasteiger partial charge in [0.05, 0.1) is 0 Å². The van der Waals surface area contributed by atoms with E-state index in [1.165, 1.54) is 12.8 Å². The molecule has 1 fully saturated rings. The van der Waals surface area contributed by atoms with Gasteiger partial charge in [-0.25, -0.2) is 0 Å². The fourth-order valence-electron chi connectivity index (χ4n) is 3.11. The fourth-order valence-corrected chi connectivity index (χ4v) is 3.23. The van der Waals surface area contributed by atoms with E-state index >= 15 is 0 Å². The topological polar surface area (TPSA) is 20.3 Å². The van der Waals surface area contributed by atoms with Gasteiger partial charge in [0, 0.05) is 23.7 Å². The molecule has 2 aromatic rings. The average molecular weight is 314 g/mol. The average Bonchev–Trinajstić information content (AvgIpc) is 3.09. The Kier molecular flexibility index (Phi) is 4.49. The summed E-state index contributed by atoms with van der Waals surface area (Å²) in [5, 5.41) is 0.730. The van der Waals surface area contributed by atoms with Crippen molar-refractivity contribution in [2.24, 2.45) is 0 Å². The van der Waals surface area contributed by atoms with E-state index in [-0.39, 0.29) is 5.91 Å². The largest absolute Gasteiger partial charge is 0.339 e. The molecule has 114 valence electrons. The number of halogens is 1. The second-order valence-corrected chi connectivity index (χ2v) is 6.38. The molecule has 0 saturated heterocycles. The molecular weight excluding hydrogens is 294 g/mol. The van der Waals surface area contributed by atoms with Crippen LogP contribution in [0.1, 0.15) is 36.0 Å². The third-order valence-corrected chi connectivity index (χ3v) is 4.75. The van der Waals surface area contributed by atoms with Crippen LogP contribution in [0.5, 0.6) is 0 Å². The third-order valence-electron chi connectivity index (χ3n) is 4.50. The van der Waals surface area contributed by atoms with E-state index in [0.717, 1.165) is 34.6 Å². The summed E-state index contributed by atoms with van der Waals surface area (Å²) in [7, 11) is 1.92. The Balaban J connectivity index is 1.75. The van der Waals surface area contributed by atoms with Crippen molar-refractivity contribution < 1.29 is 4.79 Å². The summed E-state index contributed by atoms with van der Waals surface area (Å²) in [6, 6.07) is 16.0. The second kappa shape index (κ2) is 6.53. The first-order chi connectivity index (χ1) is 10.6. The summed E-state index contributed by atoms with van der Waals surface area (Å²) >= 11 is 5.91. The zero-order valence-corrected chi connectivity index (χ0v) is 13.5. The van der Waals surface area contributed by atoms with Crippen molar-refractivity contribution in [1.82, 2.24) is 4.90 Å². The van der Waals surface area contributed by atoms with E-state index in [4.69, 9.17) is 11.6 Å². The zero-order valence-electron chi connectivity index (χ0n) is 12.8. The van der Waals surface area contributed by atoms with Crippen molar-refractivity contribution in [3.63, 3.8) is 0 Å². The second-order valence-electron chi connectivity index (χ2n) is 5.94. The van der Waals surface area contributed by atoms with Crippen LogP contribution in [0.3, 0.4) is 0 Å². The molecule has 1 amide bonds. The standard InChI is InChI=1S/C19H20ClNO/c1-21(18-4-2-3-5-18)19(22)16-8-6-14(7-9-16)15-10-12-17(20)13-11-15/h6-13,18H,2-5H2,1H3. The normalized spacial score (nSPS) is 15.0. The van der Waals surface area contributed by atoms with Crippen molar-refractivity contribution >= 4 is 17.5 Å². The summed E-state index contributed by atoms with van der Waals surface area (Å²) in [6.45, 7) is 0. The first-order valence-electron chi connectivity index (χ1n) is 7.78. The zero-order chi connectivity index (χ0) is 15.5. The number of nitrogens with zero attached hydrogens (tertiary/aromatic N) is 1. The number of carbonyl (C=O) groups is 1. The van der Waals surface area contributed by atoms with Crippen LogP contribution in [0.15, 0.2) is 48.5 Å². The van der Waals surface area contributed by atoms with Crippen molar-refractivity contribution in [2.45, 2.75) is 31.7 Å². The van der Waals surface area contributed by atoms with Gasteiger partial charge in [0.1, 0.15) is 0 Å². The van der Waals surface area contributed by atoms with Gasteiger partial charge in [-0.05, 0) is 48.2 Å². The van der Waals surface area contributed by atoms with Gasteiger partial charge in [-0.3, -0.25) is 4.79 Å². The highest BCUT2D eigenvalue weighted by Gasteiger charge is 2.24. The summed E-state index contributed by atoms with van der Waals surface area (Å²) in [5.74, 6) is 0.120. The molecule has 3 rings (SSSR count). The van der Waals surface area contributed by atoms with Crippen LogP contribution >= 0.6 is 11.6 Å². The number of carbonyl (C=O) groups excluding carboxylic acids is 1. The lowest BCUT2D eigenvalue weighted by Gasteiger charge is -2.24. The highest BCUT2D eigenvalue weighted by atomic mass is 35.5. The van der Waals surface area contributed by atoms with Crippen molar-refractivity contribution in [1.29, 1.82) is 0 Å². The molecule has 1 aliphatic rings. The van der Waals surface area contributed by atoms with Gasteiger partial charge in [0.15, 0.2) is 0 Å². The maximum atomic E-state index is 12.5. The molecule has 0 unspecified atom stereocenters. The lowest BCUT2D eigenvalue weighted by Crippen LogP contribution is -2.35. The Morgan fingerprint density at radius 3 is 2.00 bits per heavy atom. The summed E-state index contributed by atoms with van der Waals surface area (Å²) in [5.41, 5.74) is 2.95. The minimum absolute atomic E-state index is 0.120. The smallest absolute Gasteiger partial charge is 0.253 e. The lowest BCUT2D eigenvalue weighted by molar-refractivity contribution is 0.0735. The molecule has 1 aliphatic carbocycles. The molecule has 3 heteroatoms. The maximum Gasteiger partial charge on any atom is 0.253 e. The van der Waals surface area contributed by atoms with Crippen LogP contribution < -0.4 is 0 Å². The predicted octanol–water partition coefficient (Wildman–Crippen LogP) is 5.02. The highest BCUT2D eigenvalue weighted by Crippen LogP contribution is 2.25. The van der Waals surface area contributed by atoms with Gasteiger partial charge >= 0.3 is 0 Å². The highest BCUT2D eigenvalue weighted by molar-refractivity contribution is 6.30. The van der Waals surface area contributed by atoms with Crippen LogP contribution in [0.4, 0.5) is 0 Å². The van der Waals surface area contributed by atoms with E-state index in [9.17, 15) is 4.79 Å². The van der Waals surface area contributed by atoms with Gasteiger partial charge in [-0.2, -0.15) is 0 Å². The molecule has 0 radical (unpaired) electrons. The number of hydrogen-bond donors (Lipinski definition) is 0. The van der Waals surface area contributed by atoms with Crippen LogP contribution in [-0.2, 0) is 0 Å². The molecule has 0 atom stereocenters. The van der Waals surface area contributed by atoms with Crippen LogP contribution in [-0.4, -0.2) is 23.9 Å². The molecule has 0 N–H and O–H groups in total. The van der Waals surface area contributed by atoms with E-state index in [1.54, 1.807) is 0 Å². The van der Waals surface area contributed by atoms with Gasteiger partial charge < -0.3 is 4.90 Å². The van der Waals surface area contributed by atoms with Gasteiger partial charge in [-0.15, -0.1) is 0 Å². The Hall–Kier alpha value is -1.80. The van der Waals surface area contributed by atoms with Crippen molar-refractivity contribution in [3.05, 3.63) is 59.1 Å². The molecule has 0 bridgehead atoms. The van der Waals surface area contributed by atoms with Crippen LogP contribution in [0.2, 0.25) is 5.02 Å². The molecule has 1 saturated carbocycles. The number of hydrogen-bond acceptors (Lipinski definition) is 1. The van der Waals surface area contributed by atoms with E-state index in [0.29, 0.717) is 6.04 Å². The van der Waals surface area contributed by atoms with Crippen LogP contribution in [0.25, 0.3) is 11.1 Å². The minimum Gasteiger partial charge on any atom is -0.339 e. The number of rotatable bonds is 3. The summed E-state index contributed by atoms with van der Waals surface area (Å²) < 4.78 is 0. The van der Waals surface area contributed by atoms with Gasteiger partial charge in [-0.1, -0.05) is 48.7 Å². The van der Waals surface area contributed by atoms with Gasteiger partial charge in [0.25, 0.3) is 5.91 Å². The maximum absolute atomic E-state index is 12.5. The molecular formula is C19H20ClNO. The quantitative estimate of drug-likeness (QED) is 0.779. The Morgan fingerprint density at radius 2 is 1.45 bits per heavy atom. The molecule has 2 aromatic carbocycles. The predicted molar refractivity (Wildman–Crippen MR) is 91.2 cm³/mol. The fraction of sp³-hybridized carbons (Fsp3) is 0.316. The third kappa shape index (κ3) is 3.17.